The largest absolute Gasteiger partial charge is 0.464 e. The Morgan fingerprint density at radius 1 is 1.37 bits per heavy atom. The number of halogens is 1. The minimum atomic E-state index is -1.02. The summed E-state index contributed by atoms with van der Waals surface area (Å²) in [5.41, 5.74) is 1.47. The Bertz CT molecular complexity index is 971. The second kappa shape index (κ2) is 7.79. The summed E-state index contributed by atoms with van der Waals surface area (Å²) < 4.78 is 14.6. The van der Waals surface area contributed by atoms with Crippen molar-refractivity contribution in [3.05, 3.63) is 48.5 Å². The summed E-state index contributed by atoms with van der Waals surface area (Å²) in [4.78, 5) is 19.7. The molecule has 1 saturated heterocycles. The Morgan fingerprint density at radius 3 is 3.04 bits per heavy atom. The second-order valence-corrected chi connectivity index (χ2v) is 7.45. The maximum atomic E-state index is 11.2. The lowest BCUT2D eigenvalue weighted by molar-refractivity contribution is 0.181. The van der Waals surface area contributed by atoms with E-state index in [2.05, 4.69) is 35.9 Å². The molecular formula is C18H17IN4O4. The topological polar surface area (TPSA) is 89.7 Å². The Labute approximate surface area is 169 Å². The number of carbonyl (C=O) groups is 1. The third-order valence-corrected chi connectivity index (χ3v) is 5.53. The number of aromatic nitrogens is 3. The number of ether oxygens (including phenoxy) is 2. The summed E-state index contributed by atoms with van der Waals surface area (Å²) in [6.07, 6.45) is 3.00. The standard InChI is InChI=1S/C18H17IN4O4/c19-23(14-4-6-26-10-14)9-13-8-17(21-11-20-13)27-15-1-2-16-12(7-15)3-5-22(16)18(24)25/h1-3,5,7-8,11,14H,4,6,9-10H2,(H,24,25). The minimum Gasteiger partial charge on any atom is -0.464 e. The maximum absolute atomic E-state index is 11.2. The van der Waals surface area contributed by atoms with E-state index in [-0.39, 0.29) is 0 Å². The molecule has 1 N–H and O–H groups in total. The molecule has 1 unspecified atom stereocenters. The van der Waals surface area contributed by atoms with E-state index < -0.39 is 6.09 Å². The highest BCUT2D eigenvalue weighted by molar-refractivity contribution is 14.1. The summed E-state index contributed by atoms with van der Waals surface area (Å²) >= 11 is 2.30. The molecule has 2 aromatic heterocycles. The number of rotatable bonds is 5. The molecule has 1 aromatic carbocycles. The summed E-state index contributed by atoms with van der Waals surface area (Å²) in [5.74, 6) is 1.04. The van der Waals surface area contributed by atoms with E-state index in [0.29, 0.717) is 29.7 Å². The van der Waals surface area contributed by atoms with Crippen molar-refractivity contribution >= 4 is 39.9 Å². The van der Waals surface area contributed by atoms with Gasteiger partial charge in [-0.3, -0.25) is 4.57 Å². The predicted octanol–water partition coefficient (Wildman–Crippen LogP) is 3.69. The molecule has 0 spiro atoms. The first kappa shape index (κ1) is 18.1. The normalized spacial score (nSPS) is 16.9. The first-order chi connectivity index (χ1) is 13.1. The highest BCUT2D eigenvalue weighted by Crippen LogP contribution is 2.26. The van der Waals surface area contributed by atoms with Gasteiger partial charge >= 0.3 is 6.09 Å². The van der Waals surface area contributed by atoms with Crippen LogP contribution in [0.5, 0.6) is 11.6 Å². The molecule has 0 radical (unpaired) electrons. The molecule has 1 aliphatic rings. The van der Waals surface area contributed by atoms with Gasteiger partial charge in [-0.2, -0.15) is 0 Å². The van der Waals surface area contributed by atoms with Gasteiger partial charge in [0.05, 0.1) is 24.4 Å². The third-order valence-electron chi connectivity index (χ3n) is 4.40. The molecule has 8 nitrogen and oxygen atoms in total. The molecule has 3 heterocycles. The van der Waals surface area contributed by atoms with Crippen LogP contribution in [-0.2, 0) is 11.3 Å². The van der Waals surface area contributed by atoms with Crippen molar-refractivity contribution < 1.29 is 19.4 Å². The fourth-order valence-electron chi connectivity index (χ4n) is 3.02. The van der Waals surface area contributed by atoms with Crippen LogP contribution in [-0.4, -0.2) is 48.1 Å². The number of hydrogen-bond acceptors (Lipinski definition) is 6. The highest BCUT2D eigenvalue weighted by Gasteiger charge is 2.22. The molecule has 3 aromatic rings. The molecule has 0 saturated carbocycles. The Hall–Kier alpha value is -2.24. The van der Waals surface area contributed by atoms with Crippen LogP contribution in [0.3, 0.4) is 0 Å². The zero-order valence-electron chi connectivity index (χ0n) is 14.3. The summed E-state index contributed by atoms with van der Waals surface area (Å²) in [7, 11) is 0. The number of carboxylic acid groups (broad SMARTS) is 1. The van der Waals surface area contributed by atoms with Gasteiger partial charge in [0.2, 0.25) is 5.88 Å². The average molecular weight is 480 g/mol. The zero-order chi connectivity index (χ0) is 18.8. The van der Waals surface area contributed by atoms with E-state index in [4.69, 9.17) is 14.6 Å². The lowest BCUT2D eigenvalue weighted by atomic mass is 10.2. The van der Waals surface area contributed by atoms with Gasteiger partial charge in [-0.1, -0.05) is 0 Å². The zero-order valence-corrected chi connectivity index (χ0v) is 16.4. The third kappa shape index (κ3) is 4.04. The van der Waals surface area contributed by atoms with Crippen LogP contribution in [0.25, 0.3) is 10.9 Å². The number of fused-ring (bicyclic) bond motifs is 1. The molecule has 1 atom stereocenters. The van der Waals surface area contributed by atoms with Gasteiger partial charge in [-0.25, -0.2) is 17.9 Å². The summed E-state index contributed by atoms with van der Waals surface area (Å²) in [5, 5.41) is 9.94. The molecular weight excluding hydrogens is 463 g/mol. The van der Waals surface area contributed by atoms with Crippen LogP contribution in [0.4, 0.5) is 4.79 Å². The molecule has 1 fully saturated rings. The van der Waals surface area contributed by atoms with Crippen molar-refractivity contribution in [3.8, 4) is 11.6 Å². The fraction of sp³-hybridized carbons (Fsp3) is 0.278. The highest BCUT2D eigenvalue weighted by atomic mass is 127. The first-order valence-corrected chi connectivity index (χ1v) is 9.40. The lowest BCUT2D eigenvalue weighted by Gasteiger charge is -2.19. The van der Waals surface area contributed by atoms with E-state index in [9.17, 15) is 4.79 Å². The SMILES string of the molecule is O=C(O)n1ccc2cc(Oc3cc(CN(I)C4CCOC4)ncn3)ccc21. The Kier molecular flexibility index (Phi) is 5.23. The van der Waals surface area contributed by atoms with E-state index in [1.54, 1.807) is 24.3 Å². The number of nitrogens with zero attached hydrogens (tertiary/aromatic N) is 4. The first-order valence-electron chi connectivity index (χ1n) is 8.43. The van der Waals surface area contributed by atoms with Crippen LogP contribution in [0.2, 0.25) is 0 Å². The molecule has 27 heavy (non-hydrogen) atoms. The Balaban J connectivity index is 1.49. The van der Waals surface area contributed by atoms with Crippen LogP contribution in [0.1, 0.15) is 12.1 Å². The molecule has 0 bridgehead atoms. The van der Waals surface area contributed by atoms with Crippen LogP contribution >= 0.6 is 22.9 Å². The molecule has 9 heteroatoms. The average Bonchev–Trinajstić information content (AvgIpc) is 3.31. The van der Waals surface area contributed by atoms with Crippen LogP contribution in [0.15, 0.2) is 42.9 Å². The maximum Gasteiger partial charge on any atom is 0.415 e. The van der Waals surface area contributed by atoms with Gasteiger partial charge in [-0.15, -0.1) is 0 Å². The van der Waals surface area contributed by atoms with Crippen molar-refractivity contribution in [2.45, 2.75) is 19.0 Å². The number of hydrogen-bond donors (Lipinski definition) is 1. The monoisotopic (exact) mass is 480 g/mol. The minimum absolute atomic E-state index is 0.394. The van der Waals surface area contributed by atoms with E-state index in [0.717, 1.165) is 30.7 Å². The van der Waals surface area contributed by atoms with Gasteiger partial charge in [-0.05, 0) is 30.7 Å². The lowest BCUT2D eigenvalue weighted by Crippen LogP contribution is -2.26. The Morgan fingerprint density at radius 2 is 2.26 bits per heavy atom. The second-order valence-electron chi connectivity index (χ2n) is 6.21. The summed E-state index contributed by atoms with van der Waals surface area (Å²) in [6.45, 7) is 2.22. The predicted molar refractivity (Wildman–Crippen MR) is 106 cm³/mol. The van der Waals surface area contributed by atoms with Gasteiger partial charge in [0.15, 0.2) is 0 Å². The van der Waals surface area contributed by atoms with Gasteiger partial charge in [0.25, 0.3) is 0 Å². The quantitative estimate of drug-likeness (QED) is 0.440. The molecule has 1 aliphatic heterocycles. The van der Waals surface area contributed by atoms with Gasteiger partial charge < -0.3 is 14.6 Å². The molecule has 0 amide bonds. The van der Waals surface area contributed by atoms with E-state index >= 15 is 0 Å². The molecule has 0 aliphatic carbocycles. The van der Waals surface area contributed by atoms with E-state index in [1.807, 2.05) is 6.07 Å². The van der Waals surface area contributed by atoms with Gasteiger partial charge in [0, 0.05) is 53.2 Å². The van der Waals surface area contributed by atoms with Crippen LogP contribution < -0.4 is 4.74 Å². The van der Waals surface area contributed by atoms with Crippen molar-refractivity contribution in [3.63, 3.8) is 0 Å². The van der Waals surface area contributed by atoms with Crippen LogP contribution in [0, 0.1) is 0 Å². The molecule has 4 rings (SSSR count). The van der Waals surface area contributed by atoms with Crippen molar-refractivity contribution in [1.29, 1.82) is 0 Å². The van der Waals surface area contributed by atoms with Crippen molar-refractivity contribution in [1.82, 2.24) is 17.6 Å². The molecule has 140 valence electrons. The smallest absolute Gasteiger partial charge is 0.415 e. The number of benzene rings is 1. The fourth-order valence-corrected chi connectivity index (χ4v) is 3.81. The van der Waals surface area contributed by atoms with E-state index in [1.165, 1.54) is 17.1 Å². The van der Waals surface area contributed by atoms with Gasteiger partial charge in [0.1, 0.15) is 12.1 Å². The summed E-state index contributed by atoms with van der Waals surface area (Å²) in [6, 6.07) is 9.17. The van der Waals surface area contributed by atoms with Crippen molar-refractivity contribution in [2.24, 2.45) is 0 Å². The van der Waals surface area contributed by atoms with Crippen molar-refractivity contribution in [2.75, 3.05) is 13.2 Å².